The van der Waals surface area contributed by atoms with Gasteiger partial charge in [-0.15, -0.1) is 0 Å². The molecular weight excluding hydrogens is 308 g/mol. The van der Waals surface area contributed by atoms with Crippen molar-refractivity contribution in [2.45, 2.75) is 32.7 Å². The molecule has 25 heavy (non-hydrogen) atoms. The molecule has 4 rings (SSSR count). The van der Waals surface area contributed by atoms with Gasteiger partial charge in [-0.3, -0.25) is 14.9 Å². The van der Waals surface area contributed by atoms with Crippen molar-refractivity contribution < 1.29 is 0 Å². The summed E-state index contributed by atoms with van der Waals surface area (Å²) in [7, 11) is 0. The number of hydrogen-bond acceptors (Lipinski definition) is 4. The molecule has 1 saturated carbocycles. The summed E-state index contributed by atoms with van der Waals surface area (Å²) < 4.78 is 0. The second-order valence-electron chi connectivity index (χ2n) is 7.70. The highest BCUT2D eigenvalue weighted by atomic mass is 15.2. The lowest BCUT2D eigenvalue weighted by molar-refractivity contribution is 0.207. The van der Waals surface area contributed by atoms with E-state index < -0.39 is 0 Å². The predicted molar refractivity (Wildman–Crippen MR) is 101 cm³/mol. The zero-order chi connectivity index (χ0) is 17.1. The number of fused-ring (bicyclic) bond motifs is 1. The Morgan fingerprint density at radius 2 is 2.00 bits per heavy atom. The van der Waals surface area contributed by atoms with Crippen molar-refractivity contribution >= 4 is 5.69 Å². The second-order valence-corrected chi connectivity index (χ2v) is 7.70. The normalized spacial score (nSPS) is 26.4. The molecule has 4 heteroatoms. The zero-order valence-corrected chi connectivity index (χ0v) is 15.1. The van der Waals surface area contributed by atoms with E-state index in [-0.39, 0.29) is 0 Å². The van der Waals surface area contributed by atoms with E-state index in [1.54, 1.807) is 0 Å². The number of nitrogens with zero attached hydrogens (tertiary/aromatic N) is 3. The summed E-state index contributed by atoms with van der Waals surface area (Å²) in [5.74, 6) is 2.47. The van der Waals surface area contributed by atoms with Crippen molar-refractivity contribution in [3.05, 3.63) is 54.1 Å². The van der Waals surface area contributed by atoms with Gasteiger partial charge in [0.1, 0.15) is 0 Å². The van der Waals surface area contributed by atoms with E-state index in [0.717, 1.165) is 36.5 Å². The predicted octanol–water partition coefficient (Wildman–Crippen LogP) is 3.75. The molecule has 2 aromatic rings. The summed E-state index contributed by atoms with van der Waals surface area (Å²) in [6.45, 7) is 6.63. The molecule has 0 amide bonds. The van der Waals surface area contributed by atoms with Gasteiger partial charge in [-0.25, -0.2) is 0 Å². The number of hydrogen-bond donors (Lipinski definition) is 1. The molecule has 0 unspecified atom stereocenters. The Labute approximate surface area is 150 Å². The SMILES string of the molecule is Cc1cccc(CN2C[C@@H]3CCC[C@H](CNc4ccncc4)[C@@H]3C2)n1. The van der Waals surface area contributed by atoms with Crippen molar-refractivity contribution in [2.75, 3.05) is 25.0 Å². The smallest absolute Gasteiger partial charge is 0.0547 e. The molecule has 0 spiro atoms. The molecule has 0 radical (unpaired) electrons. The summed E-state index contributed by atoms with van der Waals surface area (Å²) in [5.41, 5.74) is 3.52. The minimum Gasteiger partial charge on any atom is -0.385 e. The maximum absolute atomic E-state index is 4.69. The molecule has 1 aliphatic carbocycles. The fraction of sp³-hybridized carbons (Fsp3) is 0.524. The van der Waals surface area contributed by atoms with Gasteiger partial charge in [-0.2, -0.15) is 0 Å². The molecule has 1 saturated heterocycles. The Morgan fingerprint density at radius 1 is 1.12 bits per heavy atom. The number of aryl methyl sites for hydroxylation is 1. The van der Waals surface area contributed by atoms with Crippen molar-refractivity contribution in [3.63, 3.8) is 0 Å². The summed E-state index contributed by atoms with van der Waals surface area (Å²) in [6, 6.07) is 10.5. The van der Waals surface area contributed by atoms with E-state index in [2.05, 4.69) is 57.4 Å². The van der Waals surface area contributed by atoms with E-state index in [0.29, 0.717) is 0 Å². The zero-order valence-electron chi connectivity index (χ0n) is 15.1. The fourth-order valence-corrected chi connectivity index (χ4v) is 4.70. The molecule has 3 heterocycles. The summed E-state index contributed by atoms with van der Waals surface area (Å²) >= 11 is 0. The van der Waals surface area contributed by atoms with Crippen LogP contribution in [0.15, 0.2) is 42.7 Å². The third kappa shape index (κ3) is 4.01. The molecule has 1 N–H and O–H groups in total. The number of nitrogens with one attached hydrogen (secondary N) is 1. The maximum atomic E-state index is 4.69. The molecule has 0 bridgehead atoms. The monoisotopic (exact) mass is 336 g/mol. The first-order valence-electron chi connectivity index (χ1n) is 9.57. The lowest BCUT2D eigenvalue weighted by Gasteiger charge is -2.33. The van der Waals surface area contributed by atoms with Crippen LogP contribution < -0.4 is 5.32 Å². The Balaban J connectivity index is 1.36. The topological polar surface area (TPSA) is 41.0 Å². The first-order valence-corrected chi connectivity index (χ1v) is 9.57. The van der Waals surface area contributed by atoms with E-state index >= 15 is 0 Å². The Kier molecular flexibility index (Phi) is 4.97. The van der Waals surface area contributed by atoms with Gasteiger partial charge < -0.3 is 5.32 Å². The Morgan fingerprint density at radius 3 is 2.84 bits per heavy atom. The number of pyridine rings is 2. The van der Waals surface area contributed by atoms with Gasteiger partial charge in [-0.05, 0) is 61.8 Å². The van der Waals surface area contributed by atoms with Crippen LogP contribution in [0.5, 0.6) is 0 Å². The molecule has 2 aromatic heterocycles. The first-order chi connectivity index (χ1) is 12.3. The molecule has 4 nitrogen and oxygen atoms in total. The third-order valence-corrected chi connectivity index (χ3v) is 5.90. The van der Waals surface area contributed by atoms with E-state index in [9.17, 15) is 0 Å². The van der Waals surface area contributed by atoms with Crippen LogP contribution in [0.3, 0.4) is 0 Å². The highest BCUT2D eigenvalue weighted by Gasteiger charge is 2.39. The highest BCUT2D eigenvalue weighted by molar-refractivity contribution is 5.40. The molecule has 1 aliphatic heterocycles. The van der Waals surface area contributed by atoms with Gasteiger partial charge in [0.2, 0.25) is 0 Å². The first kappa shape index (κ1) is 16.5. The summed E-state index contributed by atoms with van der Waals surface area (Å²) in [4.78, 5) is 11.4. The van der Waals surface area contributed by atoms with Crippen LogP contribution in [0.2, 0.25) is 0 Å². The standard InChI is InChI=1S/C21H28N4/c1-16-4-2-7-20(24-16)14-25-13-18-6-3-5-17(21(18)15-25)12-23-19-8-10-22-11-9-19/h2,4,7-11,17-18,21H,3,5-6,12-15H2,1H3,(H,22,23)/t17-,18+,21+/m1/s1. The third-order valence-electron chi connectivity index (χ3n) is 5.90. The van der Waals surface area contributed by atoms with Crippen molar-refractivity contribution in [1.82, 2.24) is 14.9 Å². The van der Waals surface area contributed by atoms with Crippen molar-refractivity contribution in [1.29, 1.82) is 0 Å². The minimum absolute atomic E-state index is 0.780. The average Bonchev–Trinajstić information content (AvgIpc) is 3.04. The van der Waals surface area contributed by atoms with Gasteiger partial charge in [-0.1, -0.05) is 12.5 Å². The Bertz CT molecular complexity index is 687. The average molecular weight is 336 g/mol. The molecule has 2 aliphatic rings. The van der Waals surface area contributed by atoms with Crippen LogP contribution in [0.1, 0.15) is 30.7 Å². The van der Waals surface area contributed by atoms with Crippen LogP contribution in [-0.4, -0.2) is 34.5 Å². The lowest BCUT2D eigenvalue weighted by atomic mass is 9.74. The van der Waals surface area contributed by atoms with Gasteiger partial charge in [0.25, 0.3) is 0 Å². The largest absolute Gasteiger partial charge is 0.385 e. The van der Waals surface area contributed by atoms with E-state index in [4.69, 9.17) is 0 Å². The van der Waals surface area contributed by atoms with Crippen molar-refractivity contribution in [2.24, 2.45) is 17.8 Å². The van der Waals surface area contributed by atoms with Gasteiger partial charge >= 0.3 is 0 Å². The molecule has 0 aromatic carbocycles. The Hall–Kier alpha value is -1.94. The van der Waals surface area contributed by atoms with Crippen LogP contribution in [0.4, 0.5) is 5.69 Å². The number of aromatic nitrogens is 2. The van der Waals surface area contributed by atoms with Crippen LogP contribution in [-0.2, 0) is 6.54 Å². The maximum Gasteiger partial charge on any atom is 0.0547 e. The molecule has 3 atom stereocenters. The quantitative estimate of drug-likeness (QED) is 0.903. The van der Waals surface area contributed by atoms with Crippen LogP contribution in [0, 0.1) is 24.7 Å². The van der Waals surface area contributed by atoms with E-state index in [1.165, 1.54) is 43.7 Å². The van der Waals surface area contributed by atoms with E-state index in [1.807, 2.05) is 12.4 Å². The molecule has 2 fully saturated rings. The van der Waals surface area contributed by atoms with Crippen LogP contribution in [0.25, 0.3) is 0 Å². The fourth-order valence-electron chi connectivity index (χ4n) is 4.70. The number of likely N-dealkylation sites (tertiary alicyclic amines) is 1. The molecule has 132 valence electrons. The highest BCUT2D eigenvalue weighted by Crippen LogP contribution is 2.40. The number of anilines is 1. The van der Waals surface area contributed by atoms with Crippen LogP contribution >= 0.6 is 0 Å². The van der Waals surface area contributed by atoms with Crippen molar-refractivity contribution in [3.8, 4) is 0 Å². The van der Waals surface area contributed by atoms with Gasteiger partial charge in [0.15, 0.2) is 0 Å². The minimum atomic E-state index is 0.780. The second kappa shape index (κ2) is 7.52. The molecular formula is C21H28N4. The van der Waals surface area contributed by atoms with Gasteiger partial charge in [0, 0.05) is 50.0 Å². The number of rotatable bonds is 5. The van der Waals surface area contributed by atoms with Gasteiger partial charge in [0.05, 0.1) is 5.69 Å². The summed E-state index contributed by atoms with van der Waals surface area (Å²) in [5, 5.41) is 3.63. The lowest BCUT2D eigenvalue weighted by Crippen LogP contribution is -2.32. The summed E-state index contributed by atoms with van der Waals surface area (Å²) in [6.07, 6.45) is 7.85.